The molecule has 0 fully saturated rings. The maximum atomic E-state index is 5.51. The molecule has 0 aliphatic rings. The first-order valence-electron chi connectivity index (χ1n) is 7.52. The first-order valence-corrected chi connectivity index (χ1v) is 7.52. The molecule has 0 aliphatic carbocycles. The van der Waals surface area contributed by atoms with Gasteiger partial charge in [-0.2, -0.15) is 0 Å². The molecule has 2 heteroatoms. The molecule has 0 spiro atoms. The molecule has 19 heavy (non-hydrogen) atoms. The molecule has 0 amide bonds. The second-order valence-corrected chi connectivity index (χ2v) is 6.13. The molecular weight excluding hydrogens is 232 g/mol. The fourth-order valence-corrected chi connectivity index (χ4v) is 2.23. The van der Waals surface area contributed by atoms with Crippen LogP contribution in [0.5, 0.6) is 0 Å². The van der Waals surface area contributed by atoms with Gasteiger partial charge in [-0.05, 0) is 43.0 Å². The molecule has 0 aromatic heterocycles. The normalized spacial score (nSPS) is 13.5. The van der Waals surface area contributed by atoms with Crippen LogP contribution in [0.25, 0.3) is 0 Å². The minimum absolute atomic E-state index is 0.169. The zero-order valence-electron chi connectivity index (χ0n) is 13.0. The van der Waals surface area contributed by atoms with Crippen molar-refractivity contribution in [1.29, 1.82) is 0 Å². The van der Waals surface area contributed by atoms with Gasteiger partial charge in [-0.15, -0.1) is 0 Å². The van der Waals surface area contributed by atoms with Crippen LogP contribution in [0.3, 0.4) is 0 Å². The molecule has 0 bridgehead atoms. The van der Waals surface area contributed by atoms with Crippen LogP contribution in [-0.4, -0.2) is 19.6 Å². The lowest BCUT2D eigenvalue weighted by atomic mass is 9.83. The van der Waals surface area contributed by atoms with E-state index >= 15 is 0 Å². The van der Waals surface area contributed by atoms with Crippen LogP contribution in [0.15, 0.2) is 24.3 Å². The zero-order chi connectivity index (χ0) is 14.3. The van der Waals surface area contributed by atoms with Gasteiger partial charge in [0.2, 0.25) is 0 Å². The van der Waals surface area contributed by atoms with E-state index in [1.165, 1.54) is 17.5 Å². The summed E-state index contributed by atoms with van der Waals surface area (Å²) in [5.74, 6) is 0.653. The molecule has 0 heterocycles. The lowest BCUT2D eigenvalue weighted by molar-refractivity contribution is 0.467. The third kappa shape index (κ3) is 4.96. The van der Waals surface area contributed by atoms with Crippen molar-refractivity contribution in [3.63, 3.8) is 0 Å². The van der Waals surface area contributed by atoms with Gasteiger partial charge in [0.15, 0.2) is 0 Å². The molecular formula is C17H30N2. The van der Waals surface area contributed by atoms with E-state index < -0.39 is 0 Å². The van der Waals surface area contributed by atoms with Gasteiger partial charge < -0.3 is 11.1 Å². The Morgan fingerprint density at radius 2 is 1.84 bits per heavy atom. The Morgan fingerprint density at radius 3 is 2.37 bits per heavy atom. The zero-order valence-corrected chi connectivity index (χ0v) is 13.0. The van der Waals surface area contributed by atoms with Crippen LogP contribution < -0.4 is 11.1 Å². The molecule has 108 valence electrons. The number of benzene rings is 1. The fraction of sp³-hybridized carbons (Fsp3) is 0.647. The predicted octanol–water partition coefficient (Wildman–Crippen LogP) is 3.42. The average Bonchev–Trinajstić information content (AvgIpc) is 2.43. The van der Waals surface area contributed by atoms with E-state index in [1.807, 2.05) is 0 Å². The molecule has 1 rings (SSSR count). The van der Waals surface area contributed by atoms with Gasteiger partial charge >= 0.3 is 0 Å². The summed E-state index contributed by atoms with van der Waals surface area (Å²) in [5, 5.41) is 3.49. The fourth-order valence-electron chi connectivity index (χ4n) is 2.23. The summed E-state index contributed by atoms with van der Waals surface area (Å²) in [7, 11) is 0. The summed E-state index contributed by atoms with van der Waals surface area (Å²) in [5.41, 5.74) is 8.52. The van der Waals surface area contributed by atoms with Crippen molar-refractivity contribution in [3.8, 4) is 0 Å². The summed E-state index contributed by atoms with van der Waals surface area (Å²) in [4.78, 5) is 0. The lowest BCUT2D eigenvalue weighted by Crippen LogP contribution is -2.34. The average molecular weight is 262 g/mol. The molecule has 1 atom stereocenters. The van der Waals surface area contributed by atoms with Gasteiger partial charge in [-0.1, -0.05) is 52.0 Å². The van der Waals surface area contributed by atoms with Crippen molar-refractivity contribution >= 4 is 0 Å². The van der Waals surface area contributed by atoms with Crippen molar-refractivity contribution in [2.45, 2.75) is 51.9 Å². The van der Waals surface area contributed by atoms with Crippen LogP contribution in [0, 0.1) is 0 Å². The Kier molecular flexibility index (Phi) is 6.53. The minimum atomic E-state index is 0.169. The number of nitrogens with one attached hydrogen (secondary N) is 1. The maximum absolute atomic E-state index is 5.51. The third-order valence-electron chi connectivity index (χ3n) is 4.00. The molecule has 0 saturated carbocycles. The Hall–Kier alpha value is -0.860. The van der Waals surface area contributed by atoms with Gasteiger partial charge in [-0.3, -0.25) is 0 Å². The lowest BCUT2D eigenvalue weighted by Gasteiger charge is -2.26. The number of hydrogen-bond donors (Lipinski definition) is 2. The van der Waals surface area contributed by atoms with Crippen molar-refractivity contribution < 1.29 is 0 Å². The van der Waals surface area contributed by atoms with Crippen molar-refractivity contribution in [3.05, 3.63) is 35.4 Å². The van der Waals surface area contributed by atoms with Crippen LogP contribution >= 0.6 is 0 Å². The van der Waals surface area contributed by atoms with E-state index in [-0.39, 0.29) is 5.41 Å². The highest BCUT2D eigenvalue weighted by atomic mass is 14.9. The van der Waals surface area contributed by atoms with Crippen molar-refractivity contribution in [2.24, 2.45) is 5.73 Å². The quantitative estimate of drug-likeness (QED) is 0.705. The Bertz CT molecular complexity index is 354. The SMILES string of the molecule is CCC(C)c1ccc(C(C)(C)CNCCCN)cc1. The van der Waals surface area contributed by atoms with Gasteiger partial charge in [-0.25, -0.2) is 0 Å². The predicted molar refractivity (Wildman–Crippen MR) is 84.7 cm³/mol. The van der Waals surface area contributed by atoms with Crippen molar-refractivity contribution in [1.82, 2.24) is 5.32 Å². The molecule has 1 aromatic rings. The van der Waals surface area contributed by atoms with Gasteiger partial charge in [0.25, 0.3) is 0 Å². The second kappa shape index (κ2) is 7.66. The van der Waals surface area contributed by atoms with E-state index in [9.17, 15) is 0 Å². The summed E-state index contributed by atoms with van der Waals surface area (Å²) < 4.78 is 0. The van der Waals surface area contributed by atoms with Crippen LogP contribution in [0.4, 0.5) is 0 Å². The first-order chi connectivity index (χ1) is 9.01. The van der Waals surface area contributed by atoms with Crippen molar-refractivity contribution in [2.75, 3.05) is 19.6 Å². The van der Waals surface area contributed by atoms with Crippen LogP contribution in [-0.2, 0) is 5.41 Å². The van der Waals surface area contributed by atoms with Gasteiger partial charge in [0, 0.05) is 12.0 Å². The van der Waals surface area contributed by atoms with E-state index in [0.29, 0.717) is 5.92 Å². The smallest absolute Gasteiger partial charge is 0.00431 e. The van der Waals surface area contributed by atoms with E-state index in [2.05, 4.69) is 57.3 Å². The highest BCUT2D eigenvalue weighted by Gasteiger charge is 2.20. The van der Waals surface area contributed by atoms with E-state index in [1.54, 1.807) is 0 Å². The largest absolute Gasteiger partial charge is 0.330 e. The molecule has 2 nitrogen and oxygen atoms in total. The first kappa shape index (κ1) is 16.2. The Balaban J connectivity index is 2.62. The van der Waals surface area contributed by atoms with E-state index in [4.69, 9.17) is 5.73 Å². The summed E-state index contributed by atoms with van der Waals surface area (Å²) in [6.07, 6.45) is 2.24. The monoisotopic (exact) mass is 262 g/mol. The highest BCUT2D eigenvalue weighted by molar-refractivity contribution is 5.30. The van der Waals surface area contributed by atoms with E-state index in [0.717, 1.165) is 26.1 Å². The van der Waals surface area contributed by atoms with Gasteiger partial charge in [0.05, 0.1) is 0 Å². The second-order valence-electron chi connectivity index (χ2n) is 6.13. The van der Waals surface area contributed by atoms with Crippen LogP contribution in [0.2, 0.25) is 0 Å². The Morgan fingerprint density at radius 1 is 1.21 bits per heavy atom. The molecule has 0 aliphatic heterocycles. The molecule has 3 N–H and O–H groups in total. The molecule has 0 radical (unpaired) electrons. The summed E-state index contributed by atoms with van der Waals surface area (Å²) in [6, 6.07) is 9.13. The molecule has 1 unspecified atom stereocenters. The topological polar surface area (TPSA) is 38.0 Å². The van der Waals surface area contributed by atoms with Crippen LogP contribution in [0.1, 0.15) is 57.6 Å². The molecule has 1 aromatic carbocycles. The Labute approximate surface area is 118 Å². The summed E-state index contributed by atoms with van der Waals surface area (Å²) in [6.45, 7) is 11.9. The number of rotatable bonds is 8. The number of nitrogens with two attached hydrogens (primary N) is 1. The minimum Gasteiger partial charge on any atom is -0.330 e. The van der Waals surface area contributed by atoms with Gasteiger partial charge in [0.1, 0.15) is 0 Å². The summed E-state index contributed by atoms with van der Waals surface area (Å²) >= 11 is 0. The maximum Gasteiger partial charge on any atom is 0.00431 e. The standard InChI is InChI=1S/C17H30N2/c1-5-14(2)15-7-9-16(10-8-15)17(3,4)13-19-12-6-11-18/h7-10,14,19H,5-6,11-13,18H2,1-4H3. The number of hydrogen-bond acceptors (Lipinski definition) is 2. The highest BCUT2D eigenvalue weighted by Crippen LogP contribution is 2.25. The third-order valence-corrected chi connectivity index (χ3v) is 4.00. The molecule has 0 saturated heterocycles.